The molecule has 1 aromatic heterocycles. The van der Waals surface area contributed by atoms with Crippen LogP contribution in [0.5, 0.6) is 0 Å². The molecule has 1 aliphatic rings. The number of carbonyl (C=O) groups is 1. The highest BCUT2D eigenvalue weighted by atomic mass is 32.1. The van der Waals surface area contributed by atoms with Gasteiger partial charge in [-0.1, -0.05) is 0 Å². The molecule has 1 fully saturated rings. The molecule has 1 amide bonds. The number of hydrogen-bond acceptors (Lipinski definition) is 3. The summed E-state index contributed by atoms with van der Waals surface area (Å²) in [5, 5.41) is 0. The predicted molar refractivity (Wildman–Crippen MR) is 57.1 cm³/mol. The summed E-state index contributed by atoms with van der Waals surface area (Å²) in [4.78, 5) is 15.9. The quantitative estimate of drug-likeness (QED) is 0.795. The minimum absolute atomic E-state index is 0.0936. The molecule has 2 rings (SSSR count). The Morgan fingerprint density at radius 3 is 2.93 bits per heavy atom. The van der Waals surface area contributed by atoms with Crippen LogP contribution in [-0.4, -0.2) is 23.4 Å². The van der Waals surface area contributed by atoms with Crippen molar-refractivity contribution in [2.75, 3.05) is 6.54 Å². The molecular formula is C10H14N2OS. The van der Waals surface area contributed by atoms with Crippen LogP contribution in [-0.2, 0) is 11.3 Å². The summed E-state index contributed by atoms with van der Waals surface area (Å²) >= 11 is 1.74. The lowest BCUT2D eigenvalue weighted by atomic mass is 10.3. The first-order valence-electron chi connectivity index (χ1n) is 4.76. The number of carbonyl (C=O) groups excluding carboxylic acids is 1. The Balaban J connectivity index is 2.02. The molecule has 0 aromatic carbocycles. The largest absolute Gasteiger partial charge is 0.336 e. The Bertz CT molecular complexity index is 348. The maximum absolute atomic E-state index is 11.5. The molecule has 2 N–H and O–H groups in total. The monoisotopic (exact) mass is 210 g/mol. The maximum atomic E-state index is 11.5. The summed E-state index contributed by atoms with van der Waals surface area (Å²) in [6, 6.07) is 3.90. The molecule has 1 saturated heterocycles. The van der Waals surface area contributed by atoms with Gasteiger partial charge in [-0.25, -0.2) is 0 Å². The van der Waals surface area contributed by atoms with Crippen LogP contribution in [0.4, 0.5) is 0 Å². The van der Waals surface area contributed by atoms with Crippen molar-refractivity contribution in [3.8, 4) is 0 Å². The average Bonchev–Trinajstić information content (AvgIpc) is 2.67. The van der Waals surface area contributed by atoms with E-state index in [2.05, 4.69) is 19.1 Å². The van der Waals surface area contributed by atoms with E-state index < -0.39 is 0 Å². The molecular weight excluding hydrogens is 196 g/mol. The van der Waals surface area contributed by atoms with Crippen LogP contribution < -0.4 is 5.73 Å². The minimum Gasteiger partial charge on any atom is -0.336 e. The van der Waals surface area contributed by atoms with E-state index in [1.165, 1.54) is 9.75 Å². The summed E-state index contributed by atoms with van der Waals surface area (Å²) in [6.45, 7) is 3.60. The van der Waals surface area contributed by atoms with Gasteiger partial charge in [0.15, 0.2) is 0 Å². The van der Waals surface area contributed by atoms with Gasteiger partial charge in [-0.15, -0.1) is 11.3 Å². The first-order chi connectivity index (χ1) is 6.66. The van der Waals surface area contributed by atoms with Crippen molar-refractivity contribution in [2.24, 2.45) is 5.73 Å². The molecule has 2 heterocycles. The molecule has 3 nitrogen and oxygen atoms in total. The lowest BCUT2D eigenvalue weighted by Gasteiger charge is -2.14. The van der Waals surface area contributed by atoms with Crippen LogP contribution in [0.15, 0.2) is 12.1 Å². The fraction of sp³-hybridized carbons (Fsp3) is 0.500. The van der Waals surface area contributed by atoms with Gasteiger partial charge in [0.25, 0.3) is 0 Å². The van der Waals surface area contributed by atoms with Crippen LogP contribution >= 0.6 is 11.3 Å². The first-order valence-corrected chi connectivity index (χ1v) is 5.58. The summed E-state index contributed by atoms with van der Waals surface area (Å²) < 4.78 is 0. The van der Waals surface area contributed by atoms with Crippen LogP contribution in [0.1, 0.15) is 16.2 Å². The Morgan fingerprint density at radius 2 is 2.43 bits per heavy atom. The second kappa shape index (κ2) is 3.71. The molecule has 0 radical (unpaired) electrons. The van der Waals surface area contributed by atoms with Gasteiger partial charge in [-0.05, 0) is 25.5 Å². The Hall–Kier alpha value is -0.870. The molecule has 1 atom stereocenters. The van der Waals surface area contributed by atoms with E-state index in [1.807, 2.05) is 4.90 Å². The van der Waals surface area contributed by atoms with Crippen molar-refractivity contribution in [1.29, 1.82) is 0 Å². The van der Waals surface area contributed by atoms with Gasteiger partial charge in [0.1, 0.15) is 0 Å². The average molecular weight is 210 g/mol. The smallest absolute Gasteiger partial charge is 0.239 e. The lowest BCUT2D eigenvalue weighted by molar-refractivity contribution is -0.129. The van der Waals surface area contributed by atoms with E-state index in [-0.39, 0.29) is 11.9 Å². The van der Waals surface area contributed by atoms with E-state index in [0.29, 0.717) is 0 Å². The highest BCUT2D eigenvalue weighted by Crippen LogP contribution is 2.19. The van der Waals surface area contributed by atoms with Gasteiger partial charge in [-0.2, -0.15) is 0 Å². The second-order valence-corrected chi connectivity index (χ2v) is 5.04. The van der Waals surface area contributed by atoms with Crippen molar-refractivity contribution in [3.05, 3.63) is 21.9 Å². The van der Waals surface area contributed by atoms with Gasteiger partial charge in [-0.3, -0.25) is 4.79 Å². The van der Waals surface area contributed by atoms with Gasteiger partial charge in [0.05, 0.1) is 12.6 Å². The zero-order chi connectivity index (χ0) is 10.1. The highest BCUT2D eigenvalue weighted by Gasteiger charge is 2.28. The fourth-order valence-electron chi connectivity index (χ4n) is 1.68. The molecule has 1 unspecified atom stereocenters. The molecule has 0 saturated carbocycles. The van der Waals surface area contributed by atoms with Crippen molar-refractivity contribution in [3.63, 3.8) is 0 Å². The molecule has 1 aliphatic heterocycles. The molecule has 14 heavy (non-hydrogen) atoms. The van der Waals surface area contributed by atoms with Crippen molar-refractivity contribution < 1.29 is 4.79 Å². The van der Waals surface area contributed by atoms with Crippen molar-refractivity contribution in [1.82, 2.24) is 4.90 Å². The first kappa shape index (κ1) is 9.68. The summed E-state index contributed by atoms with van der Waals surface area (Å²) in [5.41, 5.74) is 5.64. The number of nitrogens with two attached hydrogens (primary N) is 1. The third kappa shape index (κ3) is 1.81. The molecule has 0 spiro atoms. The molecule has 0 aliphatic carbocycles. The second-order valence-electron chi connectivity index (χ2n) is 3.67. The maximum Gasteiger partial charge on any atom is 0.239 e. The van der Waals surface area contributed by atoms with E-state index in [9.17, 15) is 4.79 Å². The Kier molecular flexibility index (Phi) is 2.56. The number of rotatable bonds is 2. The molecule has 1 aromatic rings. The molecule has 0 bridgehead atoms. The van der Waals surface area contributed by atoms with E-state index in [4.69, 9.17) is 5.73 Å². The topological polar surface area (TPSA) is 46.3 Å². The molecule has 4 heteroatoms. The zero-order valence-electron chi connectivity index (χ0n) is 8.19. The highest BCUT2D eigenvalue weighted by molar-refractivity contribution is 7.11. The number of nitrogens with zero attached hydrogens (tertiary/aromatic N) is 1. The van der Waals surface area contributed by atoms with Crippen molar-refractivity contribution >= 4 is 17.2 Å². The Morgan fingerprint density at radius 1 is 1.64 bits per heavy atom. The van der Waals surface area contributed by atoms with Crippen LogP contribution in [0.2, 0.25) is 0 Å². The third-order valence-corrected chi connectivity index (χ3v) is 3.47. The van der Waals surface area contributed by atoms with Crippen LogP contribution in [0, 0.1) is 6.92 Å². The van der Waals surface area contributed by atoms with Gasteiger partial charge in [0.2, 0.25) is 5.91 Å². The van der Waals surface area contributed by atoms with Crippen LogP contribution in [0.25, 0.3) is 0 Å². The number of amides is 1. The molecule has 76 valence electrons. The fourth-order valence-corrected chi connectivity index (χ4v) is 2.58. The lowest BCUT2D eigenvalue weighted by Crippen LogP contribution is -2.33. The Labute approximate surface area is 87.5 Å². The van der Waals surface area contributed by atoms with Crippen molar-refractivity contribution in [2.45, 2.75) is 25.9 Å². The van der Waals surface area contributed by atoms with Gasteiger partial charge in [0, 0.05) is 16.3 Å². The predicted octanol–water partition coefficient (Wildman–Crippen LogP) is 1.12. The normalized spacial score (nSPS) is 22.0. The SMILES string of the molecule is Cc1ccc(CN2CCC(N)C2=O)s1. The van der Waals surface area contributed by atoms with Gasteiger partial charge < -0.3 is 10.6 Å². The third-order valence-electron chi connectivity index (χ3n) is 2.48. The zero-order valence-corrected chi connectivity index (χ0v) is 9.01. The standard InChI is InChI=1S/C10H14N2OS/c1-7-2-3-8(14-7)6-12-5-4-9(11)10(12)13/h2-3,9H,4-6,11H2,1H3. The van der Waals surface area contributed by atoms with E-state index in [1.54, 1.807) is 11.3 Å². The summed E-state index contributed by atoms with van der Waals surface area (Å²) in [7, 11) is 0. The number of hydrogen-bond donors (Lipinski definition) is 1. The summed E-state index contributed by atoms with van der Waals surface area (Å²) in [6.07, 6.45) is 0.795. The number of thiophene rings is 1. The number of aryl methyl sites for hydroxylation is 1. The minimum atomic E-state index is -0.268. The summed E-state index contributed by atoms with van der Waals surface area (Å²) in [5.74, 6) is 0.0936. The van der Waals surface area contributed by atoms with E-state index in [0.717, 1.165) is 19.5 Å². The van der Waals surface area contributed by atoms with E-state index >= 15 is 0 Å². The van der Waals surface area contributed by atoms with Crippen LogP contribution in [0.3, 0.4) is 0 Å². The van der Waals surface area contributed by atoms with Gasteiger partial charge >= 0.3 is 0 Å². The number of likely N-dealkylation sites (tertiary alicyclic amines) is 1.